The molecule has 1 aromatic carbocycles. The fourth-order valence-electron chi connectivity index (χ4n) is 2.59. The van der Waals surface area contributed by atoms with Crippen LogP contribution in [-0.4, -0.2) is 23.0 Å². The molecule has 1 aliphatic heterocycles. The molecule has 2 atom stereocenters. The molecule has 0 bridgehead atoms. The molecule has 0 spiro atoms. The molecule has 0 saturated carbocycles. The van der Waals surface area contributed by atoms with Crippen LogP contribution < -0.4 is 11.2 Å². The largest absolute Gasteiger partial charge is 0.396 e. The van der Waals surface area contributed by atoms with Gasteiger partial charge in [0.05, 0.1) is 11.3 Å². The van der Waals surface area contributed by atoms with Crippen molar-refractivity contribution in [3.8, 4) is 0 Å². The second-order valence-corrected chi connectivity index (χ2v) is 5.33. The number of nitrogens with one attached hydrogen (secondary N) is 1. The van der Waals surface area contributed by atoms with Crippen molar-refractivity contribution in [1.29, 1.82) is 0 Å². The Morgan fingerprint density at radius 1 is 1.30 bits per heavy atom. The minimum Gasteiger partial charge on any atom is -0.396 e. The Labute approximate surface area is 116 Å². The Bertz CT molecular complexity index is 511. The van der Waals surface area contributed by atoms with E-state index in [2.05, 4.69) is 5.43 Å². The van der Waals surface area contributed by atoms with Crippen molar-refractivity contribution >= 4 is 11.6 Å². The molecule has 0 radical (unpaired) electrons. The number of hydrogen-bond donors (Lipinski definition) is 2. The summed E-state index contributed by atoms with van der Waals surface area (Å²) in [5, 5.41) is 1.80. The number of carbonyl (C=O) groups excluding carboxylic acids is 1. The van der Waals surface area contributed by atoms with E-state index in [-0.39, 0.29) is 23.3 Å². The van der Waals surface area contributed by atoms with E-state index in [1.165, 1.54) is 0 Å². The highest BCUT2D eigenvalue weighted by Crippen LogP contribution is 2.22. The maximum absolute atomic E-state index is 13.8. The SMILES string of the molecule is CC1CCCC(C)N1NC(=O)c1cc(F)cc(N)c1F. The van der Waals surface area contributed by atoms with Crippen LogP contribution in [0.5, 0.6) is 0 Å². The highest BCUT2D eigenvalue weighted by Gasteiger charge is 2.27. The van der Waals surface area contributed by atoms with E-state index in [1.54, 1.807) is 5.01 Å². The van der Waals surface area contributed by atoms with Crippen LogP contribution in [0.2, 0.25) is 0 Å². The van der Waals surface area contributed by atoms with Gasteiger partial charge in [0.2, 0.25) is 0 Å². The highest BCUT2D eigenvalue weighted by atomic mass is 19.1. The van der Waals surface area contributed by atoms with E-state index in [0.29, 0.717) is 0 Å². The summed E-state index contributed by atoms with van der Waals surface area (Å²) >= 11 is 0. The Morgan fingerprint density at radius 2 is 1.90 bits per heavy atom. The van der Waals surface area contributed by atoms with Gasteiger partial charge in [-0.2, -0.15) is 0 Å². The van der Waals surface area contributed by atoms with E-state index in [9.17, 15) is 13.6 Å². The molecule has 1 aliphatic rings. The van der Waals surface area contributed by atoms with Gasteiger partial charge in [-0.1, -0.05) is 6.42 Å². The van der Waals surface area contributed by atoms with Gasteiger partial charge in [-0.25, -0.2) is 13.8 Å². The van der Waals surface area contributed by atoms with E-state index in [0.717, 1.165) is 31.4 Å². The predicted molar refractivity (Wildman–Crippen MR) is 72.9 cm³/mol. The Morgan fingerprint density at radius 3 is 2.50 bits per heavy atom. The summed E-state index contributed by atoms with van der Waals surface area (Å²) in [6, 6.07) is 2.05. The number of nitrogens with zero attached hydrogens (tertiary/aromatic N) is 1. The van der Waals surface area contributed by atoms with Crippen LogP contribution in [0.25, 0.3) is 0 Å². The van der Waals surface area contributed by atoms with Crippen molar-refractivity contribution in [2.75, 3.05) is 5.73 Å². The number of rotatable bonds is 2. The maximum atomic E-state index is 13.8. The molecular formula is C14H19F2N3O. The lowest BCUT2D eigenvalue weighted by atomic mass is 10.00. The molecule has 110 valence electrons. The van der Waals surface area contributed by atoms with Gasteiger partial charge < -0.3 is 5.73 Å². The van der Waals surface area contributed by atoms with Gasteiger partial charge in [0.1, 0.15) is 5.82 Å². The quantitative estimate of drug-likeness (QED) is 0.820. The minimum absolute atomic E-state index is 0.164. The average molecular weight is 283 g/mol. The maximum Gasteiger partial charge on any atom is 0.268 e. The number of nitrogen functional groups attached to an aromatic ring is 1. The van der Waals surface area contributed by atoms with Crippen molar-refractivity contribution in [3.63, 3.8) is 0 Å². The van der Waals surface area contributed by atoms with Crippen molar-refractivity contribution in [2.24, 2.45) is 0 Å². The molecule has 1 aromatic rings. The average Bonchev–Trinajstić information content (AvgIpc) is 2.38. The zero-order chi connectivity index (χ0) is 14.9. The third-order valence-electron chi connectivity index (χ3n) is 3.73. The van der Waals surface area contributed by atoms with Crippen LogP contribution in [0.3, 0.4) is 0 Å². The summed E-state index contributed by atoms with van der Waals surface area (Å²) in [4.78, 5) is 12.1. The lowest BCUT2D eigenvalue weighted by Gasteiger charge is -2.38. The first kappa shape index (κ1) is 14.7. The summed E-state index contributed by atoms with van der Waals surface area (Å²) < 4.78 is 27.1. The molecule has 2 unspecified atom stereocenters. The van der Waals surface area contributed by atoms with Gasteiger partial charge in [0.15, 0.2) is 5.82 Å². The number of nitrogens with two attached hydrogens (primary N) is 1. The van der Waals surface area contributed by atoms with Crippen molar-refractivity contribution < 1.29 is 13.6 Å². The number of halogens is 2. The molecule has 1 amide bonds. The smallest absolute Gasteiger partial charge is 0.268 e. The molecule has 3 N–H and O–H groups in total. The van der Waals surface area contributed by atoms with Gasteiger partial charge in [0, 0.05) is 12.1 Å². The number of hydrogen-bond acceptors (Lipinski definition) is 3. The third-order valence-corrected chi connectivity index (χ3v) is 3.73. The molecule has 6 heteroatoms. The summed E-state index contributed by atoms with van der Waals surface area (Å²) in [7, 11) is 0. The molecule has 0 aliphatic carbocycles. The van der Waals surface area contributed by atoms with Crippen LogP contribution in [0.15, 0.2) is 12.1 Å². The lowest BCUT2D eigenvalue weighted by molar-refractivity contribution is 0.0367. The van der Waals surface area contributed by atoms with E-state index in [1.807, 2.05) is 13.8 Å². The number of amides is 1. The minimum atomic E-state index is -0.888. The van der Waals surface area contributed by atoms with Crippen LogP contribution in [0, 0.1) is 11.6 Å². The first-order valence-electron chi connectivity index (χ1n) is 6.74. The van der Waals surface area contributed by atoms with E-state index < -0.39 is 17.5 Å². The lowest BCUT2D eigenvalue weighted by Crippen LogP contribution is -2.54. The van der Waals surface area contributed by atoms with Crippen LogP contribution in [0.4, 0.5) is 14.5 Å². The number of hydrazine groups is 1. The fraction of sp³-hybridized carbons (Fsp3) is 0.500. The summed E-state index contributed by atoms with van der Waals surface area (Å²) in [5.41, 5.74) is 7.27. The molecular weight excluding hydrogens is 264 g/mol. The molecule has 2 rings (SSSR count). The molecule has 1 saturated heterocycles. The molecule has 1 heterocycles. The second kappa shape index (κ2) is 5.75. The molecule has 1 fully saturated rings. The van der Waals surface area contributed by atoms with Gasteiger partial charge in [-0.05, 0) is 38.8 Å². The third kappa shape index (κ3) is 2.90. The van der Waals surface area contributed by atoms with Crippen LogP contribution in [-0.2, 0) is 0 Å². The summed E-state index contributed by atoms with van der Waals surface area (Å²) in [6.07, 6.45) is 3.01. The monoisotopic (exact) mass is 283 g/mol. The number of piperidine rings is 1. The Kier molecular flexibility index (Phi) is 4.23. The fourth-order valence-corrected chi connectivity index (χ4v) is 2.59. The van der Waals surface area contributed by atoms with Crippen molar-refractivity contribution in [3.05, 3.63) is 29.3 Å². The van der Waals surface area contributed by atoms with Gasteiger partial charge >= 0.3 is 0 Å². The van der Waals surface area contributed by atoms with Crippen molar-refractivity contribution in [2.45, 2.75) is 45.2 Å². The Balaban J connectivity index is 2.20. The number of benzene rings is 1. The zero-order valence-electron chi connectivity index (χ0n) is 11.6. The van der Waals surface area contributed by atoms with E-state index >= 15 is 0 Å². The first-order chi connectivity index (χ1) is 9.40. The van der Waals surface area contributed by atoms with Gasteiger partial charge in [0.25, 0.3) is 5.91 Å². The number of anilines is 1. The van der Waals surface area contributed by atoms with E-state index in [4.69, 9.17) is 5.73 Å². The molecule has 20 heavy (non-hydrogen) atoms. The first-order valence-corrected chi connectivity index (χ1v) is 6.74. The standard InChI is InChI=1S/C14H19F2N3O/c1-8-4-3-5-9(2)19(8)18-14(20)11-6-10(15)7-12(17)13(11)16/h6-9H,3-5,17H2,1-2H3,(H,18,20). The summed E-state index contributed by atoms with van der Waals surface area (Å²) in [5.74, 6) is -2.29. The normalized spacial score (nSPS) is 23.6. The molecule has 4 nitrogen and oxygen atoms in total. The van der Waals surface area contributed by atoms with Crippen LogP contribution >= 0.6 is 0 Å². The Hall–Kier alpha value is -1.69. The summed E-state index contributed by atoms with van der Waals surface area (Å²) in [6.45, 7) is 3.98. The highest BCUT2D eigenvalue weighted by molar-refractivity contribution is 5.95. The topological polar surface area (TPSA) is 58.4 Å². The molecule has 0 aromatic heterocycles. The number of carbonyl (C=O) groups is 1. The van der Waals surface area contributed by atoms with Crippen molar-refractivity contribution in [1.82, 2.24) is 10.4 Å². The van der Waals surface area contributed by atoms with Gasteiger partial charge in [-0.3, -0.25) is 10.2 Å². The second-order valence-electron chi connectivity index (χ2n) is 5.33. The zero-order valence-corrected chi connectivity index (χ0v) is 11.6. The van der Waals surface area contributed by atoms with Crippen LogP contribution in [0.1, 0.15) is 43.5 Å². The van der Waals surface area contributed by atoms with Gasteiger partial charge in [-0.15, -0.1) is 0 Å². The predicted octanol–water partition coefficient (Wildman–Crippen LogP) is 2.45.